The third kappa shape index (κ3) is 5.80. The minimum atomic E-state index is -4.43. The number of halogens is 3. The Balaban J connectivity index is 1.93. The molecule has 7 nitrogen and oxygen atoms in total. The van der Waals surface area contributed by atoms with E-state index in [1.165, 1.54) is 12.1 Å². The molecule has 0 aliphatic rings. The molecule has 0 fully saturated rings. The number of hydrogen-bond donors (Lipinski definition) is 2. The Morgan fingerprint density at radius 3 is 2.58 bits per heavy atom. The van der Waals surface area contributed by atoms with Crippen molar-refractivity contribution in [2.75, 3.05) is 11.9 Å². The molecule has 1 aromatic carbocycles. The zero-order chi connectivity index (χ0) is 19.2. The Labute approximate surface area is 147 Å². The molecule has 0 atom stereocenters. The SMILES string of the molecule is Cc1cncn1CCCN/C(=C\[N+](=O)[O-])Nc1ccc(C(F)(F)F)cc1. The first-order valence-electron chi connectivity index (χ1n) is 7.76. The predicted molar refractivity (Wildman–Crippen MR) is 89.7 cm³/mol. The number of nitrogens with one attached hydrogen (secondary N) is 2. The van der Waals surface area contributed by atoms with Crippen LogP contribution in [-0.4, -0.2) is 21.0 Å². The Morgan fingerprint density at radius 1 is 1.35 bits per heavy atom. The highest BCUT2D eigenvalue weighted by Gasteiger charge is 2.29. The molecule has 0 saturated carbocycles. The number of aromatic nitrogens is 2. The number of nitrogens with zero attached hydrogens (tertiary/aromatic N) is 3. The van der Waals surface area contributed by atoms with Crippen molar-refractivity contribution in [3.05, 3.63) is 70.2 Å². The van der Waals surface area contributed by atoms with Gasteiger partial charge in [-0.05, 0) is 37.6 Å². The minimum absolute atomic E-state index is 0.0945. The van der Waals surface area contributed by atoms with Crippen LogP contribution in [0.25, 0.3) is 0 Å². The van der Waals surface area contributed by atoms with Gasteiger partial charge in [-0.15, -0.1) is 0 Å². The summed E-state index contributed by atoms with van der Waals surface area (Å²) in [4.78, 5) is 14.1. The average Bonchev–Trinajstić information content (AvgIpc) is 2.95. The zero-order valence-electron chi connectivity index (χ0n) is 14.0. The Hall–Kier alpha value is -3.04. The van der Waals surface area contributed by atoms with E-state index in [4.69, 9.17) is 0 Å². The fourth-order valence-electron chi connectivity index (χ4n) is 2.22. The molecule has 1 aromatic heterocycles. The molecule has 0 bridgehead atoms. The summed E-state index contributed by atoms with van der Waals surface area (Å²) in [5.41, 5.74) is 0.532. The average molecular weight is 369 g/mol. The molecule has 0 saturated heterocycles. The molecular weight excluding hydrogens is 351 g/mol. The number of alkyl halides is 3. The van der Waals surface area contributed by atoms with E-state index in [0.29, 0.717) is 25.2 Å². The van der Waals surface area contributed by atoms with Crippen molar-refractivity contribution in [2.24, 2.45) is 0 Å². The lowest BCUT2D eigenvalue weighted by Crippen LogP contribution is -2.23. The van der Waals surface area contributed by atoms with Crippen LogP contribution in [0.5, 0.6) is 0 Å². The van der Waals surface area contributed by atoms with Gasteiger partial charge in [0.05, 0.1) is 16.8 Å². The summed E-state index contributed by atoms with van der Waals surface area (Å²) < 4.78 is 39.6. The van der Waals surface area contributed by atoms with E-state index in [1.807, 2.05) is 11.5 Å². The summed E-state index contributed by atoms with van der Waals surface area (Å²) >= 11 is 0. The second kappa shape index (κ2) is 8.37. The first-order valence-corrected chi connectivity index (χ1v) is 7.76. The highest BCUT2D eigenvalue weighted by molar-refractivity contribution is 5.49. The van der Waals surface area contributed by atoms with Gasteiger partial charge in [0.15, 0.2) is 5.82 Å². The maximum absolute atomic E-state index is 12.6. The Morgan fingerprint density at radius 2 is 2.04 bits per heavy atom. The zero-order valence-corrected chi connectivity index (χ0v) is 14.0. The van der Waals surface area contributed by atoms with Gasteiger partial charge in [-0.1, -0.05) is 0 Å². The van der Waals surface area contributed by atoms with Crippen molar-refractivity contribution < 1.29 is 18.1 Å². The first kappa shape index (κ1) is 19.3. The molecule has 0 unspecified atom stereocenters. The first-order chi connectivity index (χ1) is 12.3. The van der Waals surface area contributed by atoms with Gasteiger partial charge in [0.2, 0.25) is 0 Å². The van der Waals surface area contributed by atoms with Crippen LogP contribution in [0.15, 0.2) is 48.8 Å². The predicted octanol–water partition coefficient (Wildman–Crippen LogP) is 3.38. The van der Waals surface area contributed by atoms with Crippen LogP contribution in [0.3, 0.4) is 0 Å². The van der Waals surface area contributed by atoms with E-state index < -0.39 is 16.7 Å². The molecular formula is C16H18F3N5O2. The monoisotopic (exact) mass is 369 g/mol. The summed E-state index contributed by atoms with van der Waals surface area (Å²) in [6.45, 7) is 3.04. The molecule has 2 rings (SSSR count). The van der Waals surface area contributed by atoms with Gasteiger partial charge in [0.25, 0.3) is 6.20 Å². The standard InChI is InChI=1S/C16H18F3N5O2/c1-12-9-20-11-23(12)8-2-7-21-15(10-24(25)26)22-14-5-3-13(4-6-14)16(17,18)19/h3-6,9-11,21-22H,2,7-8H2,1H3/b15-10+. The van der Waals surface area contributed by atoms with Gasteiger partial charge in [-0.25, -0.2) is 4.98 Å². The lowest BCUT2D eigenvalue weighted by Gasteiger charge is -2.13. The highest BCUT2D eigenvalue weighted by atomic mass is 19.4. The number of rotatable bonds is 8. The number of aryl methyl sites for hydroxylation is 2. The summed E-state index contributed by atoms with van der Waals surface area (Å²) in [5.74, 6) is 0.0945. The number of benzene rings is 1. The van der Waals surface area contributed by atoms with Crippen molar-refractivity contribution in [3.63, 3.8) is 0 Å². The molecule has 0 aliphatic carbocycles. The second-order valence-corrected chi connectivity index (χ2v) is 5.54. The third-order valence-electron chi connectivity index (χ3n) is 3.54. The van der Waals surface area contributed by atoms with Gasteiger partial charge in [0.1, 0.15) is 0 Å². The summed E-state index contributed by atoms with van der Waals surface area (Å²) in [7, 11) is 0. The van der Waals surface area contributed by atoms with Gasteiger partial charge < -0.3 is 15.2 Å². The van der Waals surface area contributed by atoms with Crippen LogP contribution in [0.4, 0.5) is 18.9 Å². The molecule has 0 radical (unpaired) electrons. The third-order valence-corrected chi connectivity index (χ3v) is 3.54. The second-order valence-electron chi connectivity index (χ2n) is 5.54. The topological polar surface area (TPSA) is 85.0 Å². The Kier molecular flexibility index (Phi) is 6.21. The van der Waals surface area contributed by atoms with Crippen molar-refractivity contribution in [1.82, 2.24) is 14.9 Å². The molecule has 2 aromatic rings. The maximum atomic E-state index is 12.6. The smallest absolute Gasteiger partial charge is 0.366 e. The number of nitro groups is 1. The van der Waals surface area contributed by atoms with E-state index in [-0.39, 0.29) is 5.82 Å². The molecule has 2 N–H and O–H groups in total. The number of hydrogen-bond acceptors (Lipinski definition) is 5. The van der Waals surface area contributed by atoms with Crippen LogP contribution in [0, 0.1) is 17.0 Å². The molecule has 0 amide bonds. The summed E-state index contributed by atoms with van der Waals surface area (Å²) in [6, 6.07) is 4.25. The molecule has 26 heavy (non-hydrogen) atoms. The van der Waals surface area contributed by atoms with Crippen molar-refractivity contribution in [2.45, 2.75) is 26.1 Å². The number of imidazole rings is 1. The van der Waals surface area contributed by atoms with Gasteiger partial charge in [0, 0.05) is 30.7 Å². The van der Waals surface area contributed by atoms with Gasteiger partial charge >= 0.3 is 6.18 Å². The minimum Gasteiger partial charge on any atom is -0.366 e. The summed E-state index contributed by atoms with van der Waals surface area (Å²) in [6.07, 6.45) is 0.421. The lowest BCUT2D eigenvalue weighted by molar-refractivity contribution is -0.403. The van der Waals surface area contributed by atoms with E-state index in [9.17, 15) is 23.3 Å². The lowest BCUT2D eigenvalue weighted by atomic mass is 10.2. The maximum Gasteiger partial charge on any atom is 0.416 e. The molecule has 10 heteroatoms. The number of anilines is 1. The van der Waals surface area contributed by atoms with Crippen LogP contribution < -0.4 is 10.6 Å². The molecule has 1 heterocycles. The largest absolute Gasteiger partial charge is 0.416 e. The van der Waals surface area contributed by atoms with Gasteiger partial charge in [-0.3, -0.25) is 10.1 Å². The van der Waals surface area contributed by atoms with Crippen molar-refractivity contribution in [1.29, 1.82) is 0 Å². The van der Waals surface area contributed by atoms with E-state index in [2.05, 4.69) is 15.6 Å². The fraction of sp³-hybridized carbons (Fsp3) is 0.312. The van der Waals surface area contributed by atoms with E-state index in [1.54, 1.807) is 12.5 Å². The van der Waals surface area contributed by atoms with Crippen molar-refractivity contribution >= 4 is 5.69 Å². The Bertz CT molecular complexity index is 769. The van der Waals surface area contributed by atoms with Crippen LogP contribution in [-0.2, 0) is 12.7 Å². The van der Waals surface area contributed by atoms with E-state index >= 15 is 0 Å². The van der Waals surface area contributed by atoms with E-state index in [0.717, 1.165) is 24.0 Å². The highest BCUT2D eigenvalue weighted by Crippen LogP contribution is 2.29. The van der Waals surface area contributed by atoms with Crippen LogP contribution in [0.2, 0.25) is 0 Å². The van der Waals surface area contributed by atoms with Crippen LogP contribution in [0.1, 0.15) is 17.7 Å². The molecule has 140 valence electrons. The fourth-order valence-corrected chi connectivity index (χ4v) is 2.22. The molecule has 0 aliphatic heterocycles. The van der Waals surface area contributed by atoms with Gasteiger partial charge in [-0.2, -0.15) is 13.2 Å². The quantitative estimate of drug-likeness (QED) is 0.423. The normalized spacial score (nSPS) is 12.1. The summed E-state index contributed by atoms with van der Waals surface area (Å²) in [5, 5.41) is 16.3. The van der Waals surface area contributed by atoms with Crippen molar-refractivity contribution in [3.8, 4) is 0 Å². The van der Waals surface area contributed by atoms with Crippen LogP contribution >= 0.6 is 0 Å². The molecule has 0 spiro atoms.